The van der Waals surface area contributed by atoms with Gasteiger partial charge in [0.1, 0.15) is 5.82 Å². The summed E-state index contributed by atoms with van der Waals surface area (Å²) >= 11 is 0. The standard InChI is InChI=1S/C15H20F4N2/c1-10(20)7-11-4-5-14(13(16)8-11)21-6-2-3-12(9-21)15(17,18)19/h4-5,8,10,12H,2-3,6-7,9,20H2,1H3. The lowest BCUT2D eigenvalue weighted by Crippen LogP contribution is -2.42. The largest absolute Gasteiger partial charge is 0.393 e. The summed E-state index contributed by atoms with van der Waals surface area (Å²) in [6.45, 7) is 2.10. The first kappa shape index (κ1) is 16.1. The van der Waals surface area contributed by atoms with Crippen LogP contribution in [0, 0.1) is 11.7 Å². The third-order valence-electron chi connectivity index (χ3n) is 3.79. The quantitative estimate of drug-likeness (QED) is 0.866. The molecule has 1 fully saturated rings. The van der Waals surface area contributed by atoms with Crippen LogP contribution in [0.15, 0.2) is 18.2 Å². The number of hydrogen-bond acceptors (Lipinski definition) is 2. The maximum atomic E-state index is 14.1. The fraction of sp³-hybridized carbons (Fsp3) is 0.600. The van der Waals surface area contributed by atoms with Gasteiger partial charge in [0.15, 0.2) is 0 Å². The molecule has 0 amide bonds. The summed E-state index contributed by atoms with van der Waals surface area (Å²) in [6.07, 6.45) is -3.14. The Morgan fingerprint density at radius 3 is 2.67 bits per heavy atom. The van der Waals surface area contributed by atoms with E-state index in [1.807, 2.05) is 6.92 Å². The highest BCUT2D eigenvalue weighted by atomic mass is 19.4. The van der Waals surface area contributed by atoms with Gasteiger partial charge in [-0.2, -0.15) is 13.2 Å². The molecule has 2 nitrogen and oxygen atoms in total. The van der Waals surface area contributed by atoms with Crippen molar-refractivity contribution in [3.63, 3.8) is 0 Å². The zero-order valence-corrected chi connectivity index (χ0v) is 12.0. The van der Waals surface area contributed by atoms with Crippen molar-refractivity contribution in [2.75, 3.05) is 18.0 Å². The fourth-order valence-electron chi connectivity index (χ4n) is 2.77. The smallest absolute Gasteiger partial charge is 0.369 e. The van der Waals surface area contributed by atoms with E-state index in [0.717, 1.165) is 5.56 Å². The third kappa shape index (κ3) is 4.09. The van der Waals surface area contributed by atoms with Crippen molar-refractivity contribution >= 4 is 5.69 Å². The second-order valence-corrected chi connectivity index (χ2v) is 5.79. The Morgan fingerprint density at radius 2 is 2.10 bits per heavy atom. The monoisotopic (exact) mass is 304 g/mol. The number of benzene rings is 1. The number of hydrogen-bond donors (Lipinski definition) is 1. The lowest BCUT2D eigenvalue weighted by Gasteiger charge is -2.35. The number of piperidine rings is 1. The zero-order valence-electron chi connectivity index (χ0n) is 12.0. The summed E-state index contributed by atoms with van der Waals surface area (Å²) in [5.41, 5.74) is 6.67. The van der Waals surface area contributed by atoms with Crippen LogP contribution in [0.4, 0.5) is 23.2 Å². The molecular weight excluding hydrogens is 284 g/mol. The van der Waals surface area contributed by atoms with Gasteiger partial charge < -0.3 is 10.6 Å². The minimum absolute atomic E-state index is 0.0835. The number of anilines is 1. The maximum absolute atomic E-state index is 14.1. The molecule has 0 bridgehead atoms. The molecule has 2 unspecified atom stereocenters. The maximum Gasteiger partial charge on any atom is 0.393 e. The summed E-state index contributed by atoms with van der Waals surface area (Å²) < 4.78 is 52.6. The predicted molar refractivity (Wildman–Crippen MR) is 74.7 cm³/mol. The number of halogens is 4. The van der Waals surface area contributed by atoms with E-state index >= 15 is 0 Å². The van der Waals surface area contributed by atoms with Gasteiger partial charge in [-0.3, -0.25) is 0 Å². The molecule has 1 aliphatic rings. The minimum atomic E-state index is -4.22. The molecule has 1 aliphatic heterocycles. The van der Waals surface area contributed by atoms with E-state index in [1.165, 1.54) is 11.0 Å². The van der Waals surface area contributed by atoms with Crippen LogP contribution in [0.25, 0.3) is 0 Å². The molecule has 118 valence electrons. The van der Waals surface area contributed by atoms with Crippen LogP contribution in [0.5, 0.6) is 0 Å². The molecule has 0 radical (unpaired) electrons. The van der Waals surface area contributed by atoms with Gasteiger partial charge in [0.25, 0.3) is 0 Å². The molecule has 0 aromatic heterocycles. The molecule has 0 spiro atoms. The van der Waals surface area contributed by atoms with Crippen molar-refractivity contribution in [1.29, 1.82) is 0 Å². The number of rotatable bonds is 3. The van der Waals surface area contributed by atoms with Crippen LogP contribution in [0.1, 0.15) is 25.3 Å². The van der Waals surface area contributed by atoms with E-state index in [9.17, 15) is 17.6 Å². The van der Waals surface area contributed by atoms with Gasteiger partial charge >= 0.3 is 6.18 Å². The van der Waals surface area contributed by atoms with Gasteiger partial charge in [0.2, 0.25) is 0 Å². The van der Waals surface area contributed by atoms with Crippen molar-refractivity contribution < 1.29 is 17.6 Å². The fourth-order valence-corrected chi connectivity index (χ4v) is 2.77. The molecule has 1 aromatic carbocycles. The Balaban J connectivity index is 2.14. The van der Waals surface area contributed by atoms with Crippen molar-refractivity contribution in [1.82, 2.24) is 0 Å². The summed E-state index contributed by atoms with van der Waals surface area (Å²) in [5, 5.41) is 0. The van der Waals surface area contributed by atoms with Crippen LogP contribution in [0.2, 0.25) is 0 Å². The van der Waals surface area contributed by atoms with Gasteiger partial charge in [-0.1, -0.05) is 6.07 Å². The molecule has 1 heterocycles. The first-order chi connectivity index (χ1) is 9.77. The van der Waals surface area contributed by atoms with Crippen LogP contribution >= 0.6 is 0 Å². The molecule has 21 heavy (non-hydrogen) atoms. The molecule has 0 aliphatic carbocycles. The van der Waals surface area contributed by atoms with E-state index in [0.29, 0.717) is 19.4 Å². The van der Waals surface area contributed by atoms with Crippen LogP contribution in [-0.2, 0) is 6.42 Å². The zero-order chi connectivity index (χ0) is 15.6. The minimum Gasteiger partial charge on any atom is -0.369 e. The molecule has 0 saturated carbocycles. The highest BCUT2D eigenvalue weighted by Crippen LogP contribution is 2.35. The lowest BCUT2D eigenvalue weighted by atomic mass is 9.96. The molecule has 2 atom stereocenters. The van der Waals surface area contributed by atoms with Crippen molar-refractivity contribution in [3.8, 4) is 0 Å². The highest BCUT2D eigenvalue weighted by molar-refractivity contribution is 5.49. The topological polar surface area (TPSA) is 29.3 Å². The summed E-state index contributed by atoms with van der Waals surface area (Å²) in [7, 11) is 0. The SMILES string of the molecule is CC(N)Cc1ccc(N2CCCC(C(F)(F)F)C2)c(F)c1. The molecule has 1 saturated heterocycles. The third-order valence-corrected chi connectivity index (χ3v) is 3.79. The highest BCUT2D eigenvalue weighted by Gasteiger charge is 2.42. The average Bonchev–Trinajstić information content (AvgIpc) is 2.37. The second-order valence-electron chi connectivity index (χ2n) is 5.79. The summed E-state index contributed by atoms with van der Waals surface area (Å²) in [4.78, 5) is 1.49. The van der Waals surface area contributed by atoms with E-state index in [2.05, 4.69) is 0 Å². The van der Waals surface area contributed by atoms with Crippen molar-refractivity contribution in [3.05, 3.63) is 29.6 Å². The Labute approximate surface area is 121 Å². The molecular formula is C15H20F4N2. The molecule has 2 rings (SSSR count). The first-order valence-corrected chi connectivity index (χ1v) is 7.13. The van der Waals surface area contributed by atoms with Gasteiger partial charge in [-0.25, -0.2) is 4.39 Å². The lowest BCUT2D eigenvalue weighted by molar-refractivity contribution is -0.176. The van der Waals surface area contributed by atoms with E-state index in [-0.39, 0.29) is 24.7 Å². The van der Waals surface area contributed by atoms with Gasteiger partial charge in [0.05, 0.1) is 11.6 Å². The van der Waals surface area contributed by atoms with Crippen LogP contribution in [0.3, 0.4) is 0 Å². The second kappa shape index (κ2) is 6.22. The summed E-state index contributed by atoms with van der Waals surface area (Å²) in [5.74, 6) is -1.86. The van der Waals surface area contributed by atoms with Gasteiger partial charge in [-0.15, -0.1) is 0 Å². The molecule has 2 N–H and O–H groups in total. The van der Waals surface area contributed by atoms with Gasteiger partial charge in [0, 0.05) is 19.1 Å². The van der Waals surface area contributed by atoms with Crippen LogP contribution < -0.4 is 10.6 Å². The number of nitrogens with two attached hydrogens (primary N) is 1. The van der Waals surface area contributed by atoms with E-state index in [4.69, 9.17) is 5.73 Å². The average molecular weight is 304 g/mol. The Morgan fingerprint density at radius 1 is 1.38 bits per heavy atom. The number of alkyl halides is 3. The Bertz CT molecular complexity index is 485. The normalized spacial score (nSPS) is 21.4. The molecule has 1 aromatic rings. The van der Waals surface area contributed by atoms with Gasteiger partial charge in [-0.05, 0) is 43.9 Å². The van der Waals surface area contributed by atoms with E-state index < -0.39 is 17.9 Å². The van der Waals surface area contributed by atoms with E-state index in [1.54, 1.807) is 12.1 Å². The van der Waals surface area contributed by atoms with Crippen molar-refractivity contribution in [2.45, 2.75) is 38.4 Å². The summed E-state index contributed by atoms with van der Waals surface area (Å²) in [6, 6.07) is 4.58. The Kier molecular flexibility index (Phi) is 4.76. The molecule has 6 heteroatoms. The number of nitrogens with zero attached hydrogens (tertiary/aromatic N) is 1. The Hall–Kier alpha value is -1.30. The predicted octanol–water partition coefficient (Wildman–Crippen LogP) is 3.49. The van der Waals surface area contributed by atoms with Crippen molar-refractivity contribution in [2.24, 2.45) is 11.7 Å². The first-order valence-electron chi connectivity index (χ1n) is 7.13. The van der Waals surface area contributed by atoms with Crippen LogP contribution in [-0.4, -0.2) is 25.3 Å².